The average Bonchev–Trinajstić information content (AvgIpc) is 3.00. The van der Waals surface area contributed by atoms with E-state index in [2.05, 4.69) is 9.97 Å². The van der Waals surface area contributed by atoms with Gasteiger partial charge in [-0.3, -0.25) is 9.59 Å². The Kier molecular flexibility index (Phi) is 6.56. The van der Waals surface area contributed by atoms with Crippen molar-refractivity contribution in [3.8, 4) is 0 Å². The highest BCUT2D eigenvalue weighted by Gasteiger charge is 2.20. The van der Waals surface area contributed by atoms with Crippen LogP contribution in [-0.4, -0.2) is 28.5 Å². The summed E-state index contributed by atoms with van der Waals surface area (Å²) in [7, 11) is 0. The predicted octanol–water partition coefficient (Wildman–Crippen LogP) is 4.06. The molecule has 2 aromatic heterocycles. The fourth-order valence-corrected chi connectivity index (χ4v) is 4.24. The molecule has 0 amide bonds. The first-order valence-corrected chi connectivity index (χ1v) is 10.2. The van der Waals surface area contributed by atoms with Gasteiger partial charge in [0.1, 0.15) is 22.1 Å². The molecule has 0 saturated carbocycles. The van der Waals surface area contributed by atoms with E-state index in [1.54, 1.807) is 32.0 Å². The van der Waals surface area contributed by atoms with Gasteiger partial charge in [-0.1, -0.05) is 29.3 Å². The Morgan fingerprint density at radius 2 is 2.00 bits per heavy atom. The van der Waals surface area contributed by atoms with Crippen LogP contribution < -0.4 is 5.56 Å². The number of nitrogens with zero attached hydrogens (tertiary/aromatic N) is 1. The summed E-state index contributed by atoms with van der Waals surface area (Å²) in [6.07, 6.45) is -0.0480. The highest BCUT2D eigenvalue weighted by Crippen LogP contribution is 2.27. The summed E-state index contributed by atoms with van der Waals surface area (Å²) < 4.78 is 10.2. The lowest BCUT2D eigenvalue weighted by Gasteiger charge is -2.06. The Bertz CT molecular complexity index is 1160. The van der Waals surface area contributed by atoms with Gasteiger partial charge in [0.05, 0.1) is 18.4 Å². The van der Waals surface area contributed by atoms with Crippen molar-refractivity contribution in [2.75, 3.05) is 6.61 Å². The molecular formula is C19H16Cl2N2O5S. The monoisotopic (exact) mass is 454 g/mol. The summed E-state index contributed by atoms with van der Waals surface area (Å²) in [6, 6.07) is 4.81. The van der Waals surface area contributed by atoms with Crippen LogP contribution in [0.2, 0.25) is 10.0 Å². The van der Waals surface area contributed by atoms with Gasteiger partial charge in [-0.25, -0.2) is 9.78 Å². The third kappa shape index (κ3) is 4.77. The third-order valence-corrected chi connectivity index (χ3v) is 5.78. The van der Waals surface area contributed by atoms with Crippen LogP contribution in [0.1, 0.15) is 33.5 Å². The maximum atomic E-state index is 12.4. The summed E-state index contributed by atoms with van der Waals surface area (Å²) >= 11 is 13.0. The number of carbonyl (C=O) groups is 2. The molecule has 0 fully saturated rings. The zero-order chi connectivity index (χ0) is 21.1. The predicted molar refractivity (Wildman–Crippen MR) is 111 cm³/mol. The molecule has 0 radical (unpaired) electrons. The number of H-pyrrole nitrogens is 1. The van der Waals surface area contributed by atoms with Crippen LogP contribution in [-0.2, 0) is 27.3 Å². The molecule has 0 aliphatic rings. The quantitative estimate of drug-likeness (QED) is 0.563. The number of carbonyl (C=O) groups excluding carboxylic acids is 2. The van der Waals surface area contributed by atoms with Crippen LogP contribution in [0.4, 0.5) is 0 Å². The largest absolute Gasteiger partial charge is 0.462 e. The van der Waals surface area contributed by atoms with Crippen LogP contribution in [0.5, 0.6) is 0 Å². The van der Waals surface area contributed by atoms with E-state index >= 15 is 0 Å². The summed E-state index contributed by atoms with van der Waals surface area (Å²) in [4.78, 5) is 44.1. The molecule has 0 unspecified atom stereocenters. The van der Waals surface area contributed by atoms with Crippen molar-refractivity contribution < 1.29 is 19.1 Å². The topological polar surface area (TPSA) is 98.3 Å². The van der Waals surface area contributed by atoms with E-state index in [1.165, 1.54) is 0 Å². The first-order chi connectivity index (χ1) is 13.8. The summed E-state index contributed by atoms with van der Waals surface area (Å²) in [5, 5.41) is 1.15. The van der Waals surface area contributed by atoms with E-state index in [4.69, 9.17) is 32.7 Å². The van der Waals surface area contributed by atoms with E-state index in [9.17, 15) is 14.4 Å². The molecule has 7 nitrogen and oxygen atoms in total. The number of hydrogen-bond donors (Lipinski definition) is 1. The number of hydrogen-bond acceptors (Lipinski definition) is 7. The SMILES string of the molecule is CCOC(=O)c1sc2nc(COC(=O)Cc3ccc(Cl)cc3Cl)[nH]c(=O)c2c1C. The molecule has 0 aliphatic heterocycles. The van der Waals surface area contributed by atoms with Crippen molar-refractivity contribution in [3.05, 3.63) is 60.4 Å². The van der Waals surface area contributed by atoms with Gasteiger partial charge in [-0.2, -0.15) is 0 Å². The Morgan fingerprint density at radius 1 is 1.24 bits per heavy atom. The molecule has 0 saturated heterocycles. The molecule has 3 aromatic rings. The molecule has 0 bridgehead atoms. The van der Waals surface area contributed by atoms with Crippen LogP contribution in [0.3, 0.4) is 0 Å². The maximum Gasteiger partial charge on any atom is 0.348 e. The lowest BCUT2D eigenvalue weighted by Crippen LogP contribution is -2.15. The number of aromatic nitrogens is 2. The minimum absolute atomic E-state index is 0.0480. The number of fused-ring (bicyclic) bond motifs is 1. The minimum atomic E-state index is -0.536. The van der Waals surface area contributed by atoms with Crippen molar-refractivity contribution in [3.63, 3.8) is 0 Å². The number of thiophene rings is 1. The van der Waals surface area contributed by atoms with Crippen molar-refractivity contribution >= 4 is 56.7 Å². The number of ether oxygens (including phenoxy) is 2. The van der Waals surface area contributed by atoms with E-state index in [-0.39, 0.29) is 25.5 Å². The molecule has 10 heteroatoms. The number of halogens is 2. The Hall–Kier alpha value is -2.42. The third-order valence-electron chi connectivity index (χ3n) is 4.03. The molecule has 0 aliphatic carbocycles. The van der Waals surface area contributed by atoms with Crippen molar-refractivity contribution in [1.29, 1.82) is 0 Å². The molecule has 3 rings (SSSR count). The van der Waals surface area contributed by atoms with E-state index in [0.717, 1.165) is 11.3 Å². The number of rotatable bonds is 6. The van der Waals surface area contributed by atoms with Crippen molar-refractivity contribution in [2.45, 2.75) is 26.9 Å². The normalized spacial score (nSPS) is 10.9. The molecule has 0 atom stereocenters. The second-order valence-corrected chi connectivity index (χ2v) is 7.89. The van der Waals surface area contributed by atoms with Gasteiger partial charge in [-0.05, 0) is 37.1 Å². The van der Waals surface area contributed by atoms with Gasteiger partial charge < -0.3 is 14.5 Å². The van der Waals surface area contributed by atoms with E-state index < -0.39 is 17.5 Å². The summed E-state index contributed by atoms with van der Waals surface area (Å²) in [6.45, 7) is 3.38. The number of aryl methyl sites for hydroxylation is 1. The first kappa shape index (κ1) is 21.3. The fraction of sp³-hybridized carbons (Fsp3) is 0.263. The molecule has 29 heavy (non-hydrogen) atoms. The molecule has 0 spiro atoms. The average molecular weight is 455 g/mol. The van der Waals surface area contributed by atoms with E-state index in [1.807, 2.05) is 0 Å². The Balaban J connectivity index is 1.76. The van der Waals surface area contributed by atoms with Gasteiger partial charge in [0.2, 0.25) is 0 Å². The molecule has 2 heterocycles. The van der Waals surface area contributed by atoms with Gasteiger partial charge in [0.25, 0.3) is 5.56 Å². The Morgan fingerprint density at radius 3 is 2.69 bits per heavy atom. The lowest BCUT2D eigenvalue weighted by atomic mass is 10.1. The molecule has 152 valence electrons. The van der Waals surface area contributed by atoms with Crippen LogP contribution in [0.25, 0.3) is 10.2 Å². The fourth-order valence-electron chi connectivity index (χ4n) is 2.67. The van der Waals surface area contributed by atoms with Gasteiger partial charge in [-0.15, -0.1) is 11.3 Å². The van der Waals surface area contributed by atoms with Crippen LogP contribution in [0, 0.1) is 6.92 Å². The van der Waals surface area contributed by atoms with Crippen LogP contribution in [0.15, 0.2) is 23.0 Å². The number of aromatic amines is 1. The van der Waals surface area contributed by atoms with Gasteiger partial charge >= 0.3 is 11.9 Å². The zero-order valence-corrected chi connectivity index (χ0v) is 17.8. The van der Waals surface area contributed by atoms with Crippen LogP contribution >= 0.6 is 34.5 Å². The number of benzene rings is 1. The summed E-state index contributed by atoms with van der Waals surface area (Å²) in [5.41, 5.74) is 0.676. The highest BCUT2D eigenvalue weighted by molar-refractivity contribution is 7.20. The molecule has 1 aromatic carbocycles. The van der Waals surface area contributed by atoms with E-state index in [0.29, 0.717) is 36.3 Å². The standard InChI is InChI=1S/C19H16Cl2N2O5S/c1-3-27-19(26)16-9(2)15-17(25)22-13(23-18(15)29-16)8-28-14(24)6-10-4-5-11(20)7-12(10)21/h4-5,7H,3,6,8H2,1-2H3,(H,22,23,25). The number of nitrogens with one attached hydrogen (secondary N) is 1. The highest BCUT2D eigenvalue weighted by atomic mass is 35.5. The van der Waals surface area contributed by atoms with Crippen molar-refractivity contribution in [2.24, 2.45) is 0 Å². The minimum Gasteiger partial charge on any atom is -0.462 e. The second kappa shape index (κ2) is 8.94. The van der Waals surface area contributed by atoms with Gasteiger partial charge in [0.15, 0.2) is 0 Å². The molecular weight excluding hydrogens is 439 g/mol. The summed E-state index contributed by atoms with van der Waals surface area (Å²) in [5.74, 6) is -0.860. The smallest absolute Gasteiger partial charge is 0.348 e. The first-order valence-electron chi connectivity index (χ1n) is 8.59. The lowest BCUT2D eigenvalue weighted by molar-refractivity contribution is -0.144. The van der Waals surface area contributed by atoms with Crippen molar-refractivity contribution in [1.82, 2.24) is 9.97 Å². The number of esters is 2. The van der Waals surface area contributed by atoms with Gasteiger partial charge in [0, 0.05) is 10.0 Å². The molecule has 1 N–H and O–H groups in total. The second-order valence-electron chi connectivity index (χ2n) is 6.04. The Labute approximate surface area is 179 Å². The zero-order valence-electron chi connectivity index (χ0n) is 15.5. The maximum absolute atomic E-state index is 12.4.